The van der Waals surface area contributed by atoms with Crippen LogP contribution in [0.5, 0.6) is 11.5 Å². The summed E-state index contributed by atoms with van der Waals surface area (Å²) in [6, 6.07) is 14.6. The lowest BCUT2D eigenvalue weighted by atomic mass is 10.1. The van der Waals surface area contributed by atoms with Crippen LogP contribution in [-0.2, 0) is 0 Å². The lowest BCUT2D eigenvalue weighted by Crippen LogP contribution is -1.97. The fraction of sp³-hybridized carbons (Fsp3) is 0.552. The lowest BCUT2D eigenvalue weighted by molar-refractivity contribution is 0.304. The van der Waals surface area contributed by atoms with Gasteiger partial charge in [-0.2, -0.15) is 0 Å². The van der Waals surface area contributed by atoms with E-state index in [0.717, 1.165) is 53.6 Å². The summed E-state index contributed by atoms with van der Waals surface area (Å²) in [5.74, 6) is 1.89. The minimum atomic E-state index is 0.789. The van der Waals surface area contributed by atoms with E-state index in [0.29, 0.717) is 0 Å². The summed E-state index contributed by atoms with van der Waals surface area (Å²) in [5, 5.41) is 1.04. The van der Waals surface area contributed by atoms with Crippen LogP contribution in [0.15, 0.2) is 42.5 Å². The molecule has 0 aliphatic rings. The quantitative estimate of drug-likeness (QED) is 0.185. The average Bonchev–Trinajstić information content (AvgIpc) is 3.27. The van der Waals surface area contributed by atoms with E-state index < -0.39 is 0 Å². The number of fused-ring (bicyclic) bond motifs is 1. The van der Waals surface area contributed by atoms with Crippen molar-refractivity contribution >= 4 is 21.6 Å². The summed E-state index contributed by atoms with van der Waals surface area (Å²) < 4.78 is 13.1. The third-order valence-electron chi connectivity index (χ3n) is 5.99. The molecular formula is C29H41NO2S. The molecule has 0 amide bonds. The number of ether oxygens (including phenoxy) is 2. The smallest absolute Gasteiger partial charge is 0.124 e. The molecule has 1 heterocycles. The van der Waals surface area contributed by atoms with Gasteiger partial charge in [-0.25, -0.2) is 4.98 Å². The van der Waals surface area contributed by atoms with E-state index in [1.165, 1.54) is 68.9 Å². The molecule has 0 saturated carbocycles. The van der Waals surface area contributed by atoms with E-state index in [1.54, 1.807) is 11.3 Å². The zero-order valence-electron chi connectivity index (χ0n) is 20.6. The van der Waals surface area contributed by atoms with Crippen LogP contribution in [0.25, 0.3) is 20.8 Å². The fourth-order valence-electron chi connectivity index (χ4n) is 3.96. The van der Waals surface area contributed by atoms with Crippen molar-refractivity contribution in [2.24, 2.45) is 0 Å². The van der Waals surface area contributed by atoms with Crippen molar-refractivity contribution in [2.45, 2.75) is 90.9 Å². The zero-order valence-corrected chi connectivity index (χ0v) is 21.4. The third kappa shape index (κ3) is 9.00. The van der Waals surface area contributed by atoms with E-state index in [2.05, 4.69) is 50.2 Å². The number of aromatic nitrogens is 1. The van der Waals surface area contributed by atoms with Gasteiger partial charge in [0.1, 0.15) is 16.5 Å². The van der Waals surface area contributed by atoms with Gasteiger partial charge in [0.25, 0.3) is 0 Å². The maximum Gasteiger partial charge on any atom is 0.124 e. The lowest BCUT2D eigenvalue weighted by Gasteiger charge is -2.07. The molecule has 0 N–H and O–H groups in total. The average molecular weight is 468 g/mol. The van der Waals surface area contributed by atoms with Gasteiger partial charge in [-0.05, 0) is 55.3 Å². The Morgan fingerprint density at radius 3 is 1.85 bits per heavy atom. The Morgan fingerprint density at radius 1 is 0.636 bits per heavy atom. The summed E-state index contributed by atoms with van der Waals surface area (Å²) in [6.45, 7) is 6.09. The summed E-state index contributed by atoms with van der Waals surface area (Å²) in [4.78, 5) is 4.82. The van der Waals surface area contributed by atoms with Gasteiger partial charge < -0.3 is 9.47 Å². The normalized spacial score (nSPS) is 11.2. The van der Waals surface area contributed by atoms with Crippen molar-refractivity contribution in [1.29, 1.82) is 0 Å². The summed E-state index contributed by atoms with van der Waals surface area (Å²) >= 11 is 1.72. The van der Waals surface area contributed by atoms with Crippen LogP contribution in [0.1, 0.15) is 90.9 Å². The summed E-state index contributed by atoms with van der Waals surface area (Å²) in [5.41, 5.74) is 2.17. The first-order valence-corrected chi connectivity index (χ1v) is 13.9. The highest BCUT2D eigenvalue weighted by atomic mass is 32.1. The van der Waals surface area contributed by atoms with E-state index in [4.69, 9.17) is 14.5 Å². The van der Waals surface area contributed by atoms with Gasteiger partial charge in [0.2, 0.25) is 0 Å². The van der Waals surface area contributed by atoms with Gasteiger partial charge in [0.15, 0.2) is 0 Å². The molecular weight excluding hydrogens is 426 g/mol. The van der Waals surface area contributed by atoms with Crippen LogP contribution < -0.4 is 9.47 Å². The highest BCUT2D eigenvalue weighted by Crippen LogP contribution is 2.33. The SMILES string of the molecule is CCCCCCCCCCOc1ccc(-c2nc3ccc(OCCCCCC)cc3s2)cc1. The van der Waals surface area contributed by atoms with Crippen molar-refractivity contribution in [2.75, 3.05) is 13.2 Å². The Hall–Kier alpha value is -2.07. The van der Waals surface area contributed by atoms with Gasteiger partial charge in [0.05, 0.1) is 23.4 Å². The molecule has 0 bridgehead atoms. The van der Waals surface area contributed by atoms with Gasteiger partial charge in [-0.3, -0.25) is 0 Å². The minimum absolute atomic E-state index is 0.789. The molecule has 0 spiro atoms. The van der Waals surface area contributed by atoms with Crippen molar-refractivity contribution in [3.8, 4) is 22.1 Å². The number of unbranched alkanes of at least 4 members (excludes halogenated alkanes) is 10. The second kappa shape index (κ2) is 15.0. The van der Waals surface area contributed by atoms with Crippen LogP contribution in [0, 0.1) is 0 Å². The topological polar surface area (TPSA) is 31.4 Å². The Kier molecular flexibility index (Phi) is 11.6. The molecule has 2 aromatic carbocycles. The molecule has 180 valence electrons. The van der Waals surface area contributed by atoms with Crippen molar-refractivity contribution in [3.63, 3.8) is 0 Å². The summed E-state index contributed by atoms with van der Waals surface area (Å²) in [6.07, 6.45) is 15.5. The second-order valence-electron chi connectivity index (χ2n) is 8.91. The molecule has 0 unspecified atom stereocenters. The third-order valence-corrected chi connectivity index (χ3v) is 7.06. The Labute approximate surface area is 204 Å². The first-order chi connectivity index (χ1) is 16.3. The molecule has 33 heavy (non-hydrogen) atoms. The van der Waals surface area contributed by atoms with Crippen LogP contribution in [0.4, 0.5) is 0 Å². The van der Waals surface area contributed by atoms with E-state index in [-0.39, 0.29) is 0 Å². The van der Waals surface area contributed by atoms with E-state index in [1.807, 2.05) is 6.07 Å². The number of hydrogen-bond donors (Lipinski definition) is 0. The fourth-order valence-corrected chi connectivity index (χ4v) is 4.96. The number of thiazole rings is 1. The molecule has 3 nitrogen and oxygen atoms in total. The van der Waals surface area contributed by atoms with Crippen molar-refractivity contribution in [1.82, 2.24) is 4.98 Å². The second-order valence-corrected chi connectivity index (χ2v) is 9.94. The predicted molar refractivity (Wildman–Crippen MR) is 143 cm³/mol. The highest BCUT2D eigenvalue weighted by molar-refractivity contribution is 7.21. The maximum absolute atomic E-state index is 5.95. The molecule has 1 aromatic heterocycles. The molecule has 0 aliphatic heterocycles. The highest BCUT2D eigenvalue weighted by Gasteiger charge is 2.08. The van der Waals surface area contributed by atoms with Crippen LogP contribution in [-0.4, -0.2) is 18.2 Å². The predicted octanol–water partition coefficient (Wildman–Crippen LogP) is 9.44. The van der Waals surface area contributed by atoms with Gasteiger partial charge >= 0.3 is 0 Å². The van der Waals surface area contributed by atoms with Crippen LogP contribution in [0.3, 0.4) is 0 Å². The first-order valence-electron chi connectivity index (χ1n) is 13.1. The minimum Gasteiger partial charge on any atom is -0.494 e. The monoisotopic (exact) mass is 467 g/mol. The number of rotatable bonds is 17. The molecule has 4 heteroatoms. The van der Waals surface area contributed by atoms with E-state index >= 15 is 0 Å². The first kappa shape index (κ1) is 25.6. The van der Waals surface area contributed by atoms with Gasteiger partial charge in [-0.1, -0.05) is 78.1 Å². The van der Waals surface area contributed by atoms with E-state index in [9.17, 15) is 0 Å². The molecule has 3 aromatic rings. The molecule has 0 fully saturated rings. The Balaban J connectivity index is 1.42. The number of nitrogens with zero attached hydrogens (tertiary/aromatic N) is 1. The Bertz CT molecular complexity index is 919. The molecule has 3 rings (SSSR count). The maximum atomic E-state index is 5.95. The molecule has 0 saturated heterocycles. The zero-order chi connectivity index (χ0) is 23.1. The standard InChI is InChI=1S/C29H41NO2S/c1-3-5-7-9-10-11-12-14-21-31-25-17-15-24(16-18-25)29-30-27-20-19-26(23-28(27)33-29)32-22-13-8-6-4-2/h15-20,23H,3-14,21-22H2,1-2H3. The number of hydrogen-bond acceptors (Lipinski definition) is 4. The van der Waals surface area contributed by atoms with Crippen LogP contribution >= 0.6 is 11.3 Å². The Morgan fingerprint density at radius 2 is 1.18 bits per heavy atom. The van der Waals surface area contributed by atoms with Crippen molar-refractivity contribution < 1.29 is 9.47 Å². The molecule has 0 atom stereocenters. The largest absolute Gasteiger partial charge is 0.494 e. The van der Waals surface area contributed by atoms with Gasteiger partial charge in [0, 0.05) is 5.56 Å². The molecule has 0 radical (unpaired) electrons. The van der Waals surface area contributed by atoms with Gasteiger partial charge in [-0.15, -0.1) is 11.3 Å². The molecule has 0 aliphatic carbocycles. The summed E-state index contributed by atoms with van der Waals surface area (Å²) in [7, 11) is 0. The van der Waals surface area contributed by atoms with Crippen LogP contribution in [0.2, 0.25) is 0 Å². The van der Waals surface area contributed by atoms with Crippen molar-refractivity contribution in [3.05, 3.63) is 42.5 Å². The number of benzene rings is 2.